The minimum Gasteiger partial charge on any atom is -0.465 e. The number of halogens is 2. The van der Waals surface area contributed by atoms with Gasteiger partial charge in [-0.15, -0.1) is 0 Å². The number of aromatic amines is 1. The predicted molar refractivity (Wildman–Crippen MR) is 113 cm³/mol. The zero-order valence-electron chi connectivity index (χ0n) is 17.1. The summed E-state index contributed by atoms with van der Waals surface area (Å²) in [4.78, 5) is 41.8. The minimum atomic E-state index is -0.588. The van der Waals surface area contributed by atoms with E-state index in [0.717, 1.165) is 5.56 Å². The molecule has 0 aliphatic rings. The number of nitrogens with one attached hydrogen (secondary N) is 1. The van der Waals surface area contributed by atoms with Crippen LogP contribution in [0.25, 0.3) is 0 Å². The summed E-state index contributed by atoms with van der Waals surface area (Å²) in [6, 6.07) is 5.12. The van der Waals surface area contributed by atoms with Crippen molar-refractivity contribution in [3.8, 4) is 0 Å². The van der Waals surface area contributed by atoms with Crippen LogP contribution in [0.2, 0.25) is 10.0 Å². The van der Waals surface area contributed by atoms with Crippen molar-refractivity contribution in [1.82, 2.24) is 9.88 Å². The van der Waals surface area contributed by atoms with Gasteiger partial charge in [0.05, 0.1) is 34.8 Å². The standard InChI is InChI=1S/C21H24Cl2N2O4/c1-11(2)25(10-14-6-7-15(22)16(23)8-14)18(27)9-17-19(21(28)29-5)12(3)20(24-17)13(4)26/h6-8,11,24H,9-10H2,1-5H3. The Bertz CT molecular complexity index is 950. The number of benzene rings is 1. The third kappa shape index (κ3) is 5.19. The van der Waals surface area contributed by atoms with Crippen molar-refractivity contribution in [2.45, 2.75) is 46.7 Å². The molecule has 2 aromatic rings. The maximum absolute atomic E-state index is 13.1. The number of carbonyl (C=O) groups excluding carboxylic acids is 3. The second-order valence-corrected chi connectivity index (χ2v) is 7.88. The average molecular weight is 439 g/mol. The van der Waals surface area contributed by atoms with Crippen LogP contribution in [0.1, 0.15) is 58.4 Å². The van der Waals surface area contributed by atoms with Gasteiger partial charge in [0.25, 0.3) is 0 Å². The van der Waals surface area contributed by atoms with Gasteiger partial charge in [-0.3, -0.25) is 9.59 Å². The fraction of sp³-hybridized carbons (Fsp3) is 0.381. The lowest BCUT2D eigenvalue weighted by atomic mass is 10.1. The van der Waals surface area contributed by atoms with Crippen molar-refractivity contribution in [3.05, 3.63) is 56.3 Å². The summed E-state index contributed by atoms with van der Waals surface area (Å²) in [7, 11) is 1.26. The van der Waals surface area contributed by atoms with E-state index in [9.17, 15) is 14.4 Å². The molecule has 8 heteroatoms. The number of H-pyrrole nitrogens is 1. The van der Waals surface area contributed by atoms with E-state index in [2.05, 4.69) is 4.98 Å². The molecule has 1 aromatic carbocycles. The van der Waals surface area contributed by atoms with Crippen molar-refractivity contribution in [1.29, 1.82) is 0 Å². The Kier molecular flexibility index (Phi) is 7.49. The first-order valence-electron chi connectivity index (χ1n) is 9.10. The maximum Gasteiger partial charge on any atom is 0.339 e. The second kappa shape index (κ2) is 9.46. The van der Waals surface area contributed by atoms with Crippen LogP contribution in [0.4, 0.5) is 0 Å². The van der Waals surface area contributed by atoms with Gasteiger partial charge in [-0.2, -0.15) is 0 Å². The van der Waals surface area contributed by atoms with Crippen LogP contribution in [0.15, 0.2) is 18.2 Å². The Balaban J connectivity index is 2.34. The number of rotatable bonds is 7. The lowest BCUT2D eigenvalue weighted by molar-refractivity contribution is -0.132. The third-order valence-electron chi connectivity index (χ3n) is 4.68. The molecule has 0 saturated heterocycles. The number of ether oxygens (including phenoxy) is 1. The molecule has 0 unspecified atom stereocenters. The predicted octanol–water partition coefficient (Wildman–Crippen LogP) is 4.60. The molecule has 0 bridgehead atoms. The molecule has 0 atom stereocenters. The quantitative estimate of drug-likeness (QED) is 0.505. The summed E-state index contributed by atoms with van der Waals surface area (Å²) < 4.78 is 4.84. The topological polar surface area (TPSA) is 79.5 Å². The minimum absolute atomic E-state index is 0.0714. The molecule has 0 aliphatic carbocycles. The second-order valence-electron chi connectivity index (χ2n) is 7.07. The lowest BCUT2D eigenvalue weighted by Crippen LogP contribution is -2.37. The number of hydrogen-bond donors (Lipinski definition) is 1. The SMILES string of the molecule is COC(=O)c1c(CC(=O)N(Cc2ccc(Cl)c(Cl)c2)C(C)C)[nH]c(C(C)=O)c1C. The average Bonchev–Trinajstić information content (AvgIpc) is 2.97. The Hall–Kier alpha value is -2.31. The maximum atomic E-state index is 13.1. The normalized spacial score (nSPS) is 10.9. The number of aromatic nitrogens is 1. The highest BCUT2D eigenvalue weighted by Gasteiger charge is 2.26. The smallest absolute Gasteiger partial charge is 0.339 e. The van der Waals surface area contributed by atoms with Crippen LogP contribution in [0, 0.1) is 6.92 Å². The molecule has 0 radical (unpaired) electrons. The molecule has 1 amide bonds. The summed E-state index contributed by atoms with van der Waals surface area (Å²) in [5, 5.41) is 0.860. The van der Waals surface area contributed by atoms with E-state index in [0.29, 0.717) is 33.5 Å². The van der Waals surface area contributed by atoms with Crippen LogP contribution in [0.5, 0.6) is 0 Å². The summed E-state index contributed by atoms with van der Waals surface area (Å²) >= 11 is 12.0. The summed E-state index contributed by atoms with van der Waals surface area (Å²) in [5.41, 5.74) is 2.21. The number of nitrogens with zero attached hydrogens (tertiary/aromatic N) is 1. The van der Waals surface area contributed by atoms with E-state index in [-0.39, 0.29) is 29.7 Å². The molecular weight excluding hydrogens is 415 g/mol. The largest absolute Gasteiger partial charge is 0.465 e. The number of esters is 1. The summed E-state index contributed by atoms with van der Waals surface area (Å²) in [5.74, 6) is -1.01. The highest BCUT2D eigenvalue weighted by molar-refractivity contribution is 6.42. The van der Waals surface area contributed by atoms with E-state index in [1.807, 2.05) is 19.9 Å². The zero-order chi connectivity index (χ0) is 21.9. The fourth-order valence-corrected chi connectivity index (χ4v) is 3.49. The molecule has 0 spiro atoms. The van der Waals surface area contributed by atoms with Gasteiger partial charge >= 0.3 is 5.97 Å². The Labute approximate surface area is 180 Å². The highest BCUT2D eigenvalue weighted by atomic mass is 35.5. The Morgan fingerprint density at radius 3 is 2.34 bits per heavy atom. The van der Waals surface area contributed by atoms with Gasteiger partial charge in [-0.05, 0) is 44.0 Å². The summed E-state index contributed by atoms with van der Waals surface area (Å²) in [6.07, 6.45) is -0.0714. The third-order valence-corrected chi connectivity index (χ3v) is 5.42. The monoisotopic (exact) mass is 438 g/mol. The van der Waals surface area contributed by atoms with Gasteiger partial charge in [0.1, 0.15) is 0 Å². The molecule has 1 heterocycles. The fourth-order valence-electron chi connectivity index (χ4n) is 3.17. The van der Waals surface area contributed by atoms with Crippen LogP contribution in [-0.4, -0.2) is 40.7 Å². The number of ketones is 1. The van der Waals surface area contributed by atoms with Crippen molar-refractivity contribution in [3.63, 3.8) is 0 Å². The van der Waals surface area contributed by atoms with Gasteiger partial charge in [-0.25, -0.2) is 4.79 Å². The van der Waals surface area contributed by atoms with Crippen LogP contribution in [0.3, 0.4) is 0 Å². The molecule has 6 nitrogen and oxygen atoms in total. The van der Waals surface area contributed by atoms with Crippen molar-refractivity contribution < 1.29 is 19.1 Å². The van der Waals surface area contributed by atoms with E-state index in [4.69, 9.17) is 27.9 Å². The lowest BCUT2D eigenvalue weighted by Gasteiger charge is -2.27. The number of Topliss-reactive ketones (excluding diaryl/α,β-unsaturated/α-hetero) is 1. The molecule has 0 aliphatic heterocycles. The molecule has 0 saturated carbocycles. The molecule has 0 fully saturated rings. The van der Waals surface area contributed by atoms with Crippen LogP contribution < -0.4 is 0 Å². The number of amides is 1. The number of hydrogen-bond acceptors (Lipinski definition) is 4. The first-order valence-corrected chi connectivity index (χ1v) is 9.86. The van der Waals surface area contributed by atoms with Crippen LogP contribution in [-0.2, 0) is 22.5 Å². The molecule has 1 aromatic heterocycles. The van der Waals surface area contributed by atoms with E-state index in [1.54, 1.807) is 24.0 Å². The Morgan fingerprint density at radius 2 is 1.83 bits per heavy atom. The first kappa shape index (κ1) is 23.0. The van der Waals surface area contributed by atoms with Gasteiger partial charge < -0.3 is 14.6 Å². The molecule has 2 rings (SSSR count). The number of methoxy groups -OCH3 is 1. The van der Waals surface area contributed by atoms with Gasteiger partial charge in [-0.1, -0.05) is 29.3 Å². The van der Waals surface area contributed by atoms with E-state index >= 15 is 0 Å². The first-order chi connectivity index (χ1) is 13.6. The van der Waals surface area contributed by atoms with Gasteiger partial charge in [0.2, 0.25) is 5.91 Å². The zero-order valence-corrected chi connectivity index (χ0v) is 18.6. The van der Waals surface area contributed by atoms with E-state index in [1.165, 1.54) is 14.0 Å². The van der Waals surface area contributed by atoms with Crippen LogP contribution >= 0.6 is 23.2 Å². The highest BCUT2D eigenvalue weighted by Crippen LogP contribution is 2.25. The van der Waals surface area contributed by atoms with Gasteiger partial charge in [0, 0.05) is 25.2 Å². The van der Waals surface area contributed by atoms with E-state index < -0.39 is 5.97 Å². The van der Waals surface area contributed by atoms with Crippen molar-refractivity contribution in [2.75, 3.05) is 7.11 Å². The Morgan fingerprint density at radius 1 is 1.17 bits per heavy atom. The molecule has 156 valence electrons. The number of carbonyl (C=O) groups is 3. The molecule has 29 heavy (non-hydrogen) atoms. The van der Waals surface area contributed by atoms with Gasteiger partial charge in [0.15, 0.2) is 5.78 Å². The molecule has 1 N–H and O–H groups in total. The van der Waals surface area contributed by atoms with Crippen molar-refractivity contribution >= 4 is 40.9 Å². The van der Waals surface area contributed by atoms with Crippen molar-refractivity contribution in [2.24, 2.45) is 0 Å². The summed E-state index contributed by atoms with van der Waals surface area (Å²) in [6.45, 7) is 7.19. The molecular formula is C21H24Cl2N2O4.